The summed E-state index contributed by atoms with van der Waals surface area (Å²) in [5.74, 6) is -3.91. The molecule has 1 heterocycles. The first-order chi connectivity index (χ1) is 20.2. The summed E-state index contributed by atoms with van der Waals surface area (Å²) >= 11 is 0. The van der Waals surface area contributed by atoms with Gasteiger partial charge in [0.15, 0.2) is 17.3 Å². The minimum atomic E-state index is -0.738. The van der Waals surface area contributed by atoms with Crippen molar-refractivity contribution >= 4 is 45.6 Å². The van der Waals surface area contributed by atoms with Crippen LogP contribution < -0.4 is 4.90 Å². The van der Waals surface area contributed by atoms with Gasteiger partial charge in [-0.25, -0.2) is 0 Å². The summed E-state index contributed by atoms with van der Waals surface area (Å²) in [5.41, 5.74) is 3.21. The average molecular weight is 558 g/mol. The van der Waals surface area contributed by atoms with Gasteiger partial charge in [0.25, 0.3) is 0 Å². The Morgan fingerprint density at radius 1 is 0.905 bits per heavy atom. The van der Waals surface area contributed by atoms with Crippen molar-refractivity contribution in [3.8, 4) is 5.75 Å². The first-order valence-electron chi connectivity index (χ1n) is 14.1. The van der Waals surface area contributed by atoms with E-state index in [1.807, 2.05) is 30.3 Å². The first kappa shape index (κ1) is 26.0. The van der Waals surface area contributed by atoms with Crippen LogP contribution in [0, 0.1) is 17.8 Å². The second-order valence-electron chi connectivity index (χ2n) is 11.6. The quantitative estimate of drug-likeness (QED) is 0.200. The summed E-state index contributed by atoms with van der Waals surface area (Å²) < 4.78 is 0. The molecule has 42 heavy (non-hydrogen) atoms. The molecule has 0 aromatic heterocycles. The fraction of sp³-hybridized carbons (Fsp3) is 0.229. The van der Waals surface area contributed by atoms with Crippen LogP contribution in [0.15, 0.2) is 95.1 Å². The largest absolute Gasteiger partial charge is 0.508 e. The number of fused-ring (bicyclic) bond motifs is 4. The molecule has 0 radical (unpaired) electrons. The zero-order valence-corrected chi connectivity index (χ0v) is 23.1. The summed E-state index contributed by atoms with van der Waals surface area (Å²) in [4.78, 5) is 67.9. The summed E-state index contributed by atoms with van der Waals surface area (Å²) in [6.07, 6.45) is 3.76. The Kier molecular flexibility index (Phi) is 5.77. The van der Waals surface area contributed by atoms with Gasteiger partial charge < -0.3 is 5.11 Å². The number of ketones is 3. The third kappa shape index (κ3) is 3.62. The lowest BCUT2D eigenvalue weighted by Gasteiger charge is -2.42. The van der Waals surface area contributed by atoms with Gasteiger partial charge in [0.1, 0.15) is 5.75 Å². The van der Waals surface area contributed by atoms with E-state index in [-0.39, 0.29) is 41.3 Å². The molecule has 1 fully saturated rings. The van der Waals surface area contributed by atoms with Crippen molar-refractivity contribution < 1.29 is 29.1 Å². The number of anilines is 1. The SMILES string of the molecule is CC(=O)c1ccc(N2C(=O)[C@H]3[C@H](CC=C4[C@H](c5c(O)ccc6ccccc56)C5=C(C[C@H]43)C(=O)C(C)=CC5=O)C2=O)cc1. The Bertz CT molecular complexity index is 1870. The number of benzene rings is 3. The van der Waals surface area contributed by atoms with E-state index < -0.39 is 23.7 Å². The molecule has 0 spiro atoms. The highest BCUT2D eigenvalue weighted by Crippen LogP contribution is 2.57. The molecule has 3 aliphatic carbocycles. The van der Waals surface area contributed by atoms with Gasteiger partial charge in [-0.1, -0.05) is 42.0 Å². The molecule has 0 unspecified atom stereocenters. The summed E-state index contributed by atoms with van der Waals surface area (Å²) in [6.45, 7) is 3.06. The van der Waals surface area contributed by atoms with Crippen molar-refractivity contribution in [2.24, 2.45) is 17.8 Å². The van der Waals surface area contributed by atoms with E-state index in [4.69, 9.17) is 0 Å². The number of carbonyl (C=O) groups excluding carboxylic acids is 5. The number of phenolic OH excluding ortho intramolecular Hbond substituents is 1. The number of allylic oxidation sites excluding steroid dienone is 6. The fourth-order valence-corrected chi connectivity index (χ4v) is 7.40. The van der Waals surface area contributed by atoms with Crippen LogP contribution >= 0.6 is 0 Å². The van der Waals surface area contributed by atoms with Crippen molar-refractivity contribution in [3.05, 3.63) is 106 Å². The monoisotopic (exact) mass is 557 g/mol. The van der Waals surface area contributed by atoms with E-state index >= 15 is 0 Å². The molecule has 3 aromatic carbocycles. The molecule has 1 aliphatic heterocycles. The van der Waals surface area contributed by atoms with Crippen LogP contribution in [0.5, 0.6) is 5.75 Å². The normalized spacial score (nSPS) is 25.2. The number of hydrogen-bond donors (Lipinski definition) is 1. The Labute approximate surface area is 241 Å². The molecule has 2 amide bonds. The van der Waals surface area contributed by atoms with Gasteiger partial charge >= 0.3 is 0 Å². The number of hydrogen-bond acceptors (Lipinski definition) is 6. The van der Waals surface area contributed by atoms with Crippen LogP contribution in [0.2, 0.25) is 0 Å². The summed E-state index contributed by atoms with van der Waals surface area (Å²) in [5, 5.41) is 12.9. The fourth-order valence-electron chi connectivity index (χ4n) is 7.40. The minimum absolute atomic E-state index is 0.00163. The van der Waals surface area contributed by atoms with E-state index in [0.29, 0.717) is 40.0 Å². The number of amides is 2. The number of rotatable bonds is 3. The predicted molar refractivity (Wildman–Crippen MR) is 156 cm³/mol. The van der Waals surface area contributed by atoms with Crippen molar-refractivity contribution in [2.75, 3.05) is 4.90 Å². The zero-order chi connectivity index (χ0) is 29.4. The minimum Gasteiger partial charge on any atom is -0.508 e. The predicted octanol–water partition coefficient (Wildman–Crippen LogP) is 5.38. The highest BCUT2D eigenvalue weighted by atomic mass is 16.3. The second kappa shape index (κ2) is 9.31. The van der Waals surface area contributed by atoms with Gasteiger partial charge in [0.05, 0.1) is 17.5 Å². The van der Waals surface area contributed by atoms with Crippen LogP contribution in [-0.4, -0.2) is 34.3 Å². The van der Waals surface area contributed by atoms with E-state index in [0.717, 1.165) is 16.3 Å². The van der Waals surface area contributed by atoms with E-state index in [2.05, 4.69) is 0 Å². The number of carbonyl (C=O) groups is 5. The number of nitrogens with zero attached hydrogens (tertiary/aromatic N) is 1. The highest BCUT2D eigenvalue weighted by molar-refractivity contribution is 6.25. The molecule has 1 N–H and O–H groups in total. The van der Waals surface area contributed by atoms with E-state index in [1.54, 1.807) is 43.3 Å². The molecular weight excluding hydrogens is 530 g/mol. The van der Waals surface area contributed by atoms with Crippen molar-refractivity contribution in [3.63, 3.8) is 0 Å². The molecule has 7 heteroatoms. The van der Waals surface area contributed by atoms with Crippen molar-refractivity contribution in [1.82, 2.24) is 0 Å². The van der Waals surface area contributed by atoms with Gasteiger partial charge in [-0.15, -0.1) is 0 Å². The number of Topliss-reactive ketones (excluding diaryl/α,β-unsaturated/α-hetero) is 2. The van der Waals surface area contributed by atoms with Crippen LogP contribution in [0.25, 0.3) is 10.8 Å². The van der Waals surface area contributed by atoms with E-state index in [9.17, 15) is 29.1 Å². The third-order valence-electron chi connectivity index (χ3n) is 9.33. The van der Waals surface area contributed by atoms with Gasteiger partial charge in [0.2, 0.25) is 11.8 Å². The maximum absolute atomic E-state index is 14.1. The molecular formula is C35H27NO6. The summed E-state index contributed by atoms with van der Waals surface area (Å²) in [7, 11) is 0. The summed E-state index contributed by atoms with van der Waals surface area (Å²) in [6, 6.07) is 17.4. The first-order valence-corrected chi connectivity index (χ1v) is 14.1. The Morgan fingerprint density at radius 3 is 2.38 bits per heavy atom. The molecule has 7 nitrogen and oxygen atoms in total. The van der Waals surface area contributed by atoms with Crippen LogP contribution in [0.1, 0.15) is 48.5 Å². The molecule has 0 bridgehead atoms. The molecule has 4 atom stereocenters. The lowest BCUT2D eigenvalue weighted by molar-refractivity contribution is -0.123. The van der Waals surface area contributed by atoms with Gasteiger partial charge in [-0.05, 0) is 79.8 Å². The topological polar surface area (TPSA) is 109 Å². The number of aromatic hydroxyl groups is 1. The third-order valence-corrected chi connectivity index (χ3v) is 9.33. The lowest BCUT2D eigenvalue weighted by Crippen LogP contribution is -2.39. The van der Waals surface area contributed by atoms with Gasteiger partial charge in [-0.2, -0.15) is 0 Å². The molecule has 4 aliphatic rings. The maximum Gasteiger partial charge on any atom is 0.238 e. The molecule has 1 saturated heterocycles. The van der Waals surface area contributed by atoms with Crippen LogP contribution in [-0.2, 0) is 19.2 Å². The van der Waals surface area contributed by atoms with Gasteiger partial charge in [0, 0.05) is 33.8 Å². The van der Waals surface area contributed by atoms with Crippen molar-refractivity contribution in [1.29, 1.82) is 0 Å². The Hall–Kier alpha value is -4.91. The van der Waals surface area contributed by atoms with Crippen LogP contribution in [0.4, 0.5) is 5.69 Å². The Morgan fingerprint density at radius 2 is 1.64 bits per heavy atom. The molecule has 7 rings (SSSR count). The maximum atomic E-state index is 14.1. The molecule has 0 saturated carbocycles. The zero-order valence-electron chi connectivity index (χ0n) is 23.1. The highest BCUT2D eigenvalue weighted by Gasteiger charge is 2.57. The number of phenols is 1. The van der Waals surface area contributed by atoms with E-state index in [1.165, 1.54) is 17.9 Å². The standard InChI is InChI=1S/C35H27NO6/c1-17-15-28(39)31-26(33(17)40)16-25-23(32(31)30-22-6-4-3-5-20(22)9-14-27(30)38)12-13-24-29(25)35(42)36(34(24)41)21-10-7-19(8-11-21)18(2)37/h3-12,14-15,24-25,29,32,38H,13,16H2,1-2H3/t24-,25+,29-,32+/m0/s1. The smallest absolute Gasteiger partial charge is 0.238 e. The molecule has 3 aromatic rings. The lowest BCUT2D eigenvalue weighted by atomic mass is 9.59. The second-order valence-corrected chi connectivity index (χ2v) is 11.6. The Balaban J connectivity index is 1.39. The van der Waals surface area contributed by atoms with Gasteiger partial charge in [-0.3, -0.25) is 28.9 Å². The van der Waals surface area contributed by atoms with Crippen molar-refractivity contribution in [2.45, 2.75) is 32.6 Å². The van der Waals surface area contributed by atoms with Crippen LogP contribution in [0.3, 0.4) is 0 Å². The molecule has 208 valence electrons. The average Bonchev–Trinajstić information content (AvgIpc) is 3.24. The number of imide groups is 1.